The maximum atomic E-state index is 13.3. The van der Waals surface area contributed by atoms with Gasteiger partial charge in [0.25, 0.3) is 5.91 Å². The lowest BCUT2D eigenvalue weighted by molar-refractivity contribution is 0.0807. The van der Waals surface area contributed by atoms with Gasteiger partial charge in [-0.15, -0.1) is 0 Å². The van der Waals surface area contributed by atoms with E-state index in [0.717, 1.165) is 35.9 Å². The van der Waals surface area contributed by atoms with Gasteiger partial charge >= 0.3 is 0 Å². The van der Waals surface area contributed by atoms with Gasteiger partial charge in [-0.25, -0.2) is 4.98 Å². The lowest BCUT2D eigenvalue weighted by Crippen LogP contribution is -2.56. The number of nitrogens with zero attached hydrogens (tertiary/aromatic N) is 2. The van der Waals surface area contributed by atoms with Crippen molar-refractivity contribution in [2.24, 2.45) is 0 Å². The average Bonchev–Trinajstić information content (AvgIpc) is 3.32. The monoisotopic (exact) mass is 495 g/mol. The Morgan fingerprint density at radius 2 is 1.93 bits per heavy atom. The van der Waals surface area contributed by atoms with Gasteiger partial charge in [-0.3, -0.25) is 9.69 Å². The summed E-state index contributed by atoms with van der Waals surface area (Å²) in [6, 6.07) is 12.6. The fourth-order valence-electron chi connectivity index (χ4n) is 4.71. The van der Waals surface area contributed by atoms with Crippen LogP contribution in [0.1, 0.15) is 48.0 Å². The molecule has 142 valence electrons. The second kappa shape index (κ2) is 8.05. The van der Waals surface area contributed by atoms with Crippen molar-refractivity contribution in [2.45, 2.75) is 43.7 Å². The fourth-order valence-corrected chi connectivity index (χ4v) is 5.77. The van der Waals surface area contributed by atoms with Gasteiger partial charge in [-0.05, 0) is 79.4 Å². The Balaban J connectivity index is 1.74. The van der Waals surface area contributed by atoms with Crippen LogP contribution in [-0.2, 0) is 5.54 Å². The predicted molar refractivity (Wildman–Crippen MR) is 116 cm³/mol. The Morgan fingerprint density at radius 3 is 2.63 bits per heavy atom. The Hall–Kier alpha value is -1.18. The molecule has 0 unspecified atom stereocenters. The molecule has 4 nitrogen and oxygen atoms in total. The first kappa shape index (κ1) is 19.2. The fraction of sp³-hybridized carbons (Fsp3) is 0.429. The number of amides is 1. The van der Waals surface area contributed by atoms with Crippen molar-refractivity contribution in [1.29, 1.82) is 0 Å². The molecule has 2 heterocycles. The van der Waals surface area contributed by atoms with Crippen molar-refractivity contribution in [2.75, 3.05) is 13.1 Å². The summed E-state index contributed by atoms with van der Waals surface area (Å²) >= 11 is 8.43. The number of likely N-dealkylation sites (tertiary alicyclic amines) is 1. The standard InChI is InChI=1S/C21H23ClIN3O/c22-19-18(16(23)10-12-24-19)20(27)25-21(15-7-2-1-3-8-15)11-6-9-17(21)26-13-4-5-14-26/h1-3,7-8,10,12,17H,4-6,9,11,13-14H2,(H,25,27)/t17-,21+/m0/s1. The Morgan fingerprint density at radius 1 is 1.19 bits per heavy atom. The van der Waals surface area contributed by atoms with Gasteiger partial charge in [0.05, 0.1) is 11.1 Å². The summed E-state index contributed by atoms with van der Waals surface area (Å²) in [5, 5.41) is 3.69. The third-order valence-electron chi connectivity index (χ3n) is 5.91. The second-order valence-corrected chi connectivity index (χ2v) is 8.92. The number of hydrogen-bond donors (Lipinski definition) is 1. The van der Waals surface area contributed by atoms with Crippen LogP contribution in [0.5, 0.6) is 0 Å². The topological polar surface area (TPSA) is 45.2 Å². The molecule has 0 radical (unpaired) electrons. The molecule has 1 aliphatic carbocycles. The quantitative estimate of drug-likeness (QED) is 0.498. The normalized spacial score (nSPS) is 25.6. The molecule has 27 heavy (non-hydrogen) atoms. The molecule has 1 N–H and O–H groups in total. The second-order valence-electron chi connectivity index (χ2n) is 7.40. The van der Waals surface area contributed by atoms with E-state index in [0.29, 0.717) is 11.6 Å². The van der Waals surface area contributed by atoms with Crippen LogP contribution in [0.2, 0.25) is 5.15 Å². The number of pyridine rings is 1. The Bertz CT molecular complexity index is 805. The van der Waals surface area contributed by atoms with Crippen LogP contribution in [0, 0.1) is 3.57 Å². The zero-order chi connectivity index (χ0) is 18.9. The molecule has 2 atom stereocenters. The van der Waals surface area contributed by atoms with Gasteiger partial charge in [-0.1, -0.05) is 41.9 Å². The first-order valence-electron chi connectivity index (χ1n) is 9.54. The van der Waals surface area contributed by atoms with E-state index in [2.05, 4.69) is 62.1 Å². The molecule has 1 aliphatic heterocycles. The third-order valence-corrected chi connectivity index (χ3v) is 7.09. The number of rotatable bonds is 4. The molecule has 4 rings (SSSR count). The van der Waals surface area contributed by atoms with E-state index in [1.807, 2.05) is 12.1 Å². The van der Waals surface area contributed by atoms with Gasteiger partial charge in [0.1, 0.15) is 5.15 Å². The van der Waals surface area contributed by atoms with Gasteiger partial charge in [-0.2, -0.15) is 0 Å². The molecule has 1 amide bonds. The first-order chi connectivity index (χ1) is 13.1. The van der Waals surface area contributed by atoms with Crippen molar-refractivity contribution in [3.05, 3.63) is 62.4 Å². The van der Waals surface area contributed by atoms with E-state index in [1.54, 1.807) is 6.20 Å². The number of nitrogens with one attached hydrogen (secondary N) is 1. The van der Waals surface area contributed by atoms with Gasteiger partial charge in [0.15, 0.2) is 0 Å². The molecule has 0 spiro atoms. The molecule has 2 aliphatic rings. The summed E-state index contributed by atoms with van der Waals surface area (Å²) in [4.78, 5) is 20.0. The highest BCUT2D eigenvalue weighted by molar-refractivity contribution is 14.1. The highest BCUT2D eigenvalue weighted by Crippen LogP contribution is 2.43. The van der Waals surface area contributed by atoms with Crippen LogP contribution >= 0.6 is 34.2 Å². The maximum Gasteiger partial charge on any atom is 0.256 e. The minimum absolute atomic E-state index is 0.132. The zero-order valence-electron chi connectivity index (χ0n) is 15.1. The molecular formula is C21H23ClIN3O. The van der Waals surface area contributed by atoms with E-state index in [-0.39, 0.29) is 16.6 Å². The van der Waals surface area contributed by atoms with Crippen LogP contribution in [-0.4, -0.2) is 34.9 Å². The van der Waals surface area contributed by atoms with Gasteiger partial charge in [0.2, 0.25) is 0 Å². The van der Waals surface area contributed by atoms with Gasteiger partial charge < -0.3 is 5.32 Å². The molecular weight excluding hydrogens is 473 g/mol. The van der Waals surface area contributed by atoms with Crippen LogP contribution in [0.25, 0.3) is 0 Å². The molecule has 1 aromatic heterocycles. The predicted octanol–water partition coefficient (Wildman–Crippen LogP) is 4.61. The van der Waals surface area contributed by atoms with Crippen molar-refractivity contribution in [3.63, 3.8) is 0 Å². The highest BCUT2D eigenvalue weighted by Gasteiger charge is 2.48. The van der Waals surface area contributed by atoms with Crippen LogP contribution in [0.3, 0.4) is 0 Å². The smallest absolute Gasteiger partial charge is 0.256 e. The molecule has 2 fully saturated rings. The Labute approximate surface area is 178 Å². The van der Waals surface area contributed by atoms with E-state index in [9.17, 15) is 4.79 Å². The van der Waals surface area contributed by atoms with Crippen LogP contribution in [0.4, 0.5) is 0 Å². The third kappa shape index (κ3) is 3.61. The van der Waals surface area contributed by atoms with E-state index < -0.39 is 0 Å². The lowest BCUT2D eigenvalue weighted by atomic mass is 9.83. The number of carbonyl (C=O) groups is 1. The van der Waals surface area contributed by atoms with Crippen molar-refractivity contribution >= 4 is 40.1 Å². The number of hydrogen-bond acceptors (Lipinski definition) is 3. The number of carbonyl (C=O) groups excluding carboxylic acids is 1. The number of benzene rings is 1. The van der Waals surface area contributed by atoms with E-state index >= 15 is 0 Å². The van der Waals surface area contributed by atoms with E-state index in [1.165, 1.54) is 18.4 Å². The summed E-state index contributed by atoms with van der Waals surface area (Å²) < 4.78 is 0.823. The summed E-state index contributed by atoms with van der Waals surface area (Å²) in [5.74, 6) is -0.132. The molecule has 2 aromatic rings. The SMILES string of the molecule is O=C(N[C@@]1(c2ccccc2)CCC[C@@H]1N1CCCC1)c1c(I)ccnc1Cl. The molecule has 1 saturated heterocycles. The summed E-state index contributed by atoms with van der Waals surface area (Å²) in [5.41, 5.74) is 1.27. The average molecular weight is 496 g/mol. The minimum Gasteiger partial charge on any atom is -0.341 e. The Kier molecular flexibility index (Phi) is 5.71. The van der Waals surface area contributed by atoms with Crippen LogP contribution < -0.4 is 5.32 Å². The lowest BCUT2D eigenvalue weighted by Gasteiger charge is -2.41. The van der Waals surface area contributed by atoms with Crippen LogP contribution in [0.15, 0.2) is 42.6 Å². The van der Waals surface area contributed by atoms with Crippen molar-refractivity contribution < 1.29 is 4.79 Å². The molecule has 0 bridgehead atoms. The molecule has 6 heteroatoms. The summed E-state index contributed by atoms with van der Waals surface area (Å²) in [6.45, 7) is 2.22. The van der Waals surface area contributed by atoms with E-state index in [4.69, 9.17) is 11.6 Å². The minimum atomic E-state index is -0.384. The van der Waals surface area contributed by atoms with Crippen molar-refractivity contribution in [1.82, 2.24) is 15.2 Å². The summed E-state index contributed by atoms with van der Waals surface area (Å²) in [6.07, 6.45) is 7.26. The summed E-state index contributed by atoms with van der Waals surface area (Å²) in [7, 11) is 0. The number of halogens is 2. The van der Waals surface area contributed by atoms with Gasteiger partial charge in [0, 0.05) is 15.8 Å². The first-order valence-corrected chi connectivity index (χ1v) is 11.0. The zero-order valence-corrected chi connectivity index (χ0v) is 18.0. The molecule has 1 saturated carbocycles. The maximum absolute atomic E-state index is 13.3. The largest absolute Gasteiger partial charge is 0.341 e. The number of aromatic nitrogens is 1. The highest BCUT2D eigenvalue weighted by atomic mass is 127. The van der Waals surface area contributed by atoms with Crippen molar-refractivity contribution in [3.8, 4) is 0 Å². The molecule has 1 aromatic carbocycles.